The molecular formula is C48H42O14. The number of aliphatic hydroxyl groups is 4. The van der Waals surface area contributed by atoms with Crippen molar-refractivity contribution in [3.05, 3.63) is 159 Å². The predicted molar refractivity (Wildman–Crippen MR) is 219 cm³/mol. The lowest BCUT2D eigenvalue weighted by Crippen LogP contribution is -2.60. The van der Waals surface area contributed by atoms with E-state index < -0.39 is 72.8 Å². The molecule has 6 aromatic carbocycles. The Balaban J connectivity index is 1.27. The molecule has 0 spiro atoms. The van der Waals surface area contributed by atoms with Gasteiger partial charge in [-0.05, 0) is 93.5 Å². The van der Waals surface area contributed by atoms with Crippen LogP contribution < -0.4 is 4.74 Å². The Bertz CT molecular complexity index is 2730. The minimum atomic E-state index is -1.76. The van der Waals surface area contributed by atoms with E-state index in [1.165, 1.54) is 48.5 Å². The summed E-state index contributed by atoms with van der Waals surface area (Å²) in [5, 5.41) is 133. The lowest BCUT2D eigenvalue weighted by molar-refractivity contribution is -0.277. The number of aliphatic hydroxyl groups excluding tert-OH is 4. The first-order valence-electron chi connectivity index (χ1n) is 20.1. The molecule has 1 aliphatic heterocycles. The zero-order valence-corrected chi connectivity index (χ0v) is 32.6. The van der Waals surface area contributed by atoms with Crippen LogP contribution in [0.15, 0.2) is 103 Å². The second-order valence-corrected chi connectivity index (χ2v) is 16.7. The fourth-order valence-corrected chi connectivity index (χ4v) is 10.9. The molecule has 62 heavy (non-hydrogen) atoms. The van der Waals surface area contributed by atoms with Crippen LogP contribution in [-0.2, 0) is 4.74 Å². The molecule has 1 fully saturated rings. The number of ether oxygens (including phenoxy) is 2. The van der Waals surface area contributed by atoms with Gasteiger partial charge in [-0.15, -0.1) is 0 Å². The molecule has 0 saturated carbocycles. The molecule has 0 unspecified atom stereocenters. The summed E-state index contributed by atoms with van der Waals surface area (Å²) in [7, 11) is 0. The molecule has 0 amide bonds. The van der Waals surface area contributed by atoms with E-state index in [0.717, 1.165) is 0 Å². The van der Waals surface area contributed by atoms with Gasteiger partial charge in [0.2, 0.25) is 6.29 Å². The molecule has 0 aromatic heterocycles. The lowest BCUT2D eigenvalue weighted by atomic mass is 9.66. The van der Waals surface area contributed by atoms with E-state index in [1.54, 1.807) is 54.6 Å². The molecule has 1 heterocycles. The highest BCUT2D eigenvalue weighted by Gasteiger charge is 2.56. The summed E-state index contributed by atoms with van der Waals surface area (Å²) < 4.78 is 11.6. The second-order valence-electron chi connectivity index (χ2n) is 16.7. The summed E-state index contributed by atoms with van der Waals surface area (Å²) in [6.07, 6.45) is -8.02. The van der Waals surface area contributed by atoms with Crippen molar-refractivity contribution in [1.29, 1.82) is 0 Å². The van der Waals surface area contributed by atoms with Crippen LogP contribution in [0.5, 0.6) is 51.7 Å². The number of fused-ring (bicyclic) bond motifs is 4. The highest BCUT2D eigenvalue weighted by Crippen LogP contribution is 2.71. The van der Waals surface area contributed by atoms with Gasteiger partial charge in [-0.2, -0.15) is 0 Å². The van der Waals surface area contributed by atoms with Crippen LogP contribution in [-0.4, -0.2) is 98.6 Å². The first-order valence-corrected chi connectivity index (χ1v) is 20.1. The third kappa shape index (κ3) is 5.97. The van der Waals surface area contributed by atoms with Gasteiger partial charge in [0.25, 0.3) is 0 Å². The first kappa shape index (κ1) is 39.5. The minimum absolute atomic E-state index is 0.00439. The molecule has 0 radical (unpaired) electrons. The number of hydrogen-bond donors (Lipinski definition) is 12. The van der Waals surface area contributed by atoms with E-state index in [-0.39, 0.29) is 51.7 Å². The van der Waals surface area contributed by atoms with Crippen molar-refractivity contribution in [2.45, 2.75) is 66.2 Å². The van der Waals surface area contributed by atoms with Crippen molar-refractivity contribution in [2.24, 2.45) is 0 Å². The number of aromatic hydroxyl groups is 8. The molecule has 14 nitrogen and oxygen atoms in total. The highest BCUT2D eigenvalue weighted by molar-refractivity contribution is 5.74. The Morgan fingerprint density at radius 1 is 0.419 bits per heavy atom. The molecule has 10 rings (SSSR count). The molecule has 12 N–H and O–H groups in total. The van der Waals surface area contributed by atoms with Gasteiger partial charge in [-0.3, -0.25) is 0 Å². The van der Waals surface area contributed by atoms with Crippen LogP contribution >= 0.6 is 0 Å². The van der Waals surface area contributed by atoms with Gasteiger partial charge in [0.15, 0.2) is 0 Å². The third-order valence-electron chi connectivity index (χ3n) is 13.3. The maximum Gasteiger partial charge on any atom is 0.229 e. The van der Waals surface area contributed by atoms with Crippen molar-refractivity contribution in [3.8, 4) is 51.7 Å². The zero-order chi connectivity index (χ0) is 43.5. The quantitative estimate of drug-likeness (QED) is 0.106. The molecule has 3 aliphatic carbocycles. The van der Waals surface area contributed by atoms with Crippen LogP contribution in [0.3, 0.4) is 0 Å². The molecule has 1 saturated heterocycles. The molecule has 14 heteroatoms. The average molecular weight is 843 g/mol. The third-order valence-corrected chi connectivity index (χ3v) is 13.3. The zero-order valence-electron chi connectivity index (χ0n) is 32.6. The Labute approximate surface area is 353 Å². The fraction of sp³-hybridized carbons (Fsp3) is 0.250. The minimum Gasteiger partial charge on any atom is -0.508 e. The van der Waals surface area contributed by atoms with Crippen LogP contribution in [0.2, 0.25) is 0 Å². The van der Waals surface area contributed by atoms with Gasteiger partial charge in [0.1, 0.15) is 76.2 Å². The molecule has 4 aliphatic rings. The maximum absolute atomic E-state index is 12.3. The molecule has 318 valence electrons. The van der Waals surface area contributed by atoms with E-state index in [0.29, 0.717) is 55.6 Å². The predicted octanol–water partition coefficient (Wildman–Crippen LogP) is 4.95. The van der Waals surface area contributed by atoms with Crippen LogP contribution in [0, 0.1) is 0 Å². The van der Waals surface area contributed by atoms with E-state index >= 15 is 0 Å². The van der Waals surface area contributed by atoms with Crippen molar-refractivity contribution >= 4 is 0 Å². The van der Waals surface area contributed by atoms with Gasteiger partial charge >= 0.3 is 0 Å². The monoisotopic (exact) mass is 842 g/mol. The molecule has 2 bridgehead atoms. The van der Waals surface area contributed by atoms with Gasteiger partial charge in [-0.1, -0.05) is 30.3 Å². The largest absolute Gasteiger partial charge is 0.508 e. The summed E-state index contributed by atoms with van der Waals surface area (Å²) in [5.41, 5.74) is 5.19. The van der Waals surface area contributed by atoms with Gasteiger partial charge in [0.05, 0.1) is 6.61 Å². The Morgan fingerprint density at radius 2 is 1.02 bits per heavy atom. The average Bonchev–Trinajstić information content (AvgIpc) is 3.45. The van der Waals surface area contributed by atoms with Gasteiger partial charge in [-0.25, -0.2) is 0 Å². The van der Waals surface area contributed by atoms with Crippen LogP contribution in [0.4, 0.5) is 0 Å². The van der Waals surface area contributed by atoms with Crippen LogP contribution in [0.25, 0.3) is 0 Å². The lowest BCUT2D eigenvalue weighted by Gasteiger charge is -2.39. The number of phenols is 8. The van der Waals surface area contributed by atoms with Crippen molar-refractivity contribution < 1.29 is 70.8 Å². The van der Waals surface area contributed by atoms with Crippen molar-refractivity contribution in [3.63, 3.8) is 0 Å². The number of benzene rings is 6. The standard InChI is InChI=1S/C48H42O14/c49-18-34-45(58)46(59)47(60)48(62-34)61-27-12-21(11-25(53)13-27)37-36(20-3-7-23(51)8-4-20)43-39-28-10-9-24(52)14-29(28)35(19-1-5-22(50)6-2-19)40(30-15-26(54)16-31(55)38(30)39)42-33(57)17-32(56)41(37)44(42)43/h1-17,34-37,39-40,43,45-60H,18H2/t34-,35-,36-,37+,39-,40+,43-,45-,46+,47-,48-/m1/s1. The maximum atomic E-state index is 12.3. The van der Waals surface area contributed by atoms with Crippen molar-refractivity contribution in [1.82, 2.24) is 0 Å². The van der Waals surface area contributed by atoms with E-state index in [1.807, 2.05) is 0 Å². The summed E-state index contributed by atoms with van der Waals surface area (Å²) >= 11 is 0. The van der Waals surface area contributed by atoms with E-state index in [4.69, 9.17) is 9.47 Å². The summed E-state index contributed by atoms with van der Waals surface area (Å²) in [4.78, 5) is 0. The summed E-state index contributed by atoms with van der Waals surface area (Å²) in [6.45, 7) is -0.698. The Hall–Kier alpha value is -6.68. The van der Waals surface area contributed by atoms with E-state index in [2.05, 4.69) is 0 Å². The fourth-order valence-electron chi connectivity index (χ4n) is 10.9. The highest BCUT2D eigenvalue weighted by atomic mass is 16.7. The normalized spacial score (nSPS) is 28.0. The summed E-state index contributed by atoms with van der Waals surface area (Å²) in [6, 6.07) is 26.3. The molecule has 6 aromatic rings. The summed E-state index contributed by atoms with van der Waals surface area (Å²) in [5.74, 6) is -6.25. The smallest absolute Gasteiger partial charge is 0.229 e. The number of hydrogen-bond acceptors (Lipinski definition) is 14. The van der Waals surface area contributed by atoms with Gasteiger partial charge < -0.3 is 70.8 Å². The van der Waals surface area contributed by atoms with E-state index in [9.17, 15) is 61.3 Å². The first-order chi connectivity index (χ1) is 29.7. The van der Waals surface area contributed by atoms with Crippen molar-refractivity contribution in [2.75, 3.05) is 6.61 Å². The Morgan fingerprint density at radius 3 is 1.69 bits per heavy atom. The van der Waals surface area contributed by atoms with Gasteiger partial charge in [0, 0.05) is 70.4 Å². The van der Waals surface area contributed by atoms with Crippen LogP contribution in [0.1, 0.15) is 91.1 Å². The number of phenolic OH excluding ortho intramolecular Hbond substituents is 8. The molecule has 11 atom stereocenters. The SMILES string of the molecule is OC[C@H]1O[C@@H](Oc2cc(O)cc([C@@H]3c4c(O)cc(O)c5c4[C@@H]([C@@H]4c6ccc(O)cc6[C@@H](c6ccc(O)cc6)[C@@H]5c5cc(O)cc(O)c54)[C@@H]3c3ccc(O)cc3)c2)[C@H](O)[C@@H](O)[C@@H]1O. The Kier molecular flexibility index (Phi) is 9.21. The second kappa shape index (κ2) is 14.5. The number of rotatable bonds is 6. The topological polar surface area (TPSA) is 261 Å². The molecular weight excluding hydrogens is 801 g/mol.